The average molecular weight is 432 g/mol. The van der Waals surface area contributed by atoms with Crippen LogP contribution in [0, 0.1) is 0 Å². The first-order valence-corrected chi connectivity index (χ1v) is 9.52. The lowest BCUT2D eigenvalue weighted by molar-refractivity contribution is -0.118. The van der Waals surface area contributed by atoms with Crippen molar-refractivity contribution in [3.05, 3.63) is 45.4 Å². The Balaban J connectivity index is 1.64. The number of carbonyl (C=O) groups is 1. The molecule has 1 amide bonds. The van der Waals surface area contributed by atoms with Crippen molar-refractivity contribution in [2.24, 2.45) is 0 Å². The highest BCUT2D eigenvalue weighted by molar-refractivity contribution is 7.22. The Morgan fingerprint density at radius 3 is 2.65 bits per heavy atom. The summed E-state index contributed by atoms with van der Waals surface area (Å²) in [6, 6.07) is 8.50. The Labute approximate surface area is 168 Å². The van der Waals surface area contributed by atoms with Crippen molar-refractivity contribution >= 4 is 67.4 Å². The van der Waals surface area contributed by atoms with Crippen LogP contribution in [0.4, 0.5) is 5.13 Å². The van der Waals surface area contributed by atoms with Crippen molar-refractivity contribution in [1.29, 1.82) is 0 Å². The lowest BCUT2D eigenvalue weighted by Gasteiger charge is -2.08. The van der Waals surface area contributed by atoms with Crippen molar-refractivity contribution in [1.82, 2.24) is 4.98 Å². The second kappa shape index (κ2) is 8.31. The topological polar surface area (TPSA) is 60.5 Å². The van der Waals surface area contributed by atoms with Gasteiger partial charge in [-0.3, -0.25) is 10.1 Å². The monoisotopic (exact) mass is 430 g/mol. The van der Waals surface area contributed by atoms with Gasteiger partial charge in [0.05, 0.1) is 31.9 Å². The first kappa shape index (κ1) is 19.0. The molecule has 5 nitrogen and oxygen atoms in total. The molecule has 0 fully saturated rings. The number of hydrogen-bond donors (Lipinski definition) is 1. The molecule has 0 aliphatic rings. The standard InChI is InChI=1S/C17H13Cl3N2O3S/c1-2-24-9-3-4-13-15(5-9)26-17(21-13)22-16(23)8-25-14-7-11(19)10(18)6-12(14)20/h3-7H,2,8H2,1H3,(H,21,22,23). The molecule has 0 saturated carbocycles. The van der Waals surface area contributed by atoms with Crippen molar-refractivity contribution < 1.29 is 14.3 Å². The fourth-order valence-electron chi connectivity index (χ4n) is 2.13. The number of hydrogen-bond acceptors (Lipinski definition) is 5. The number of halogens is 3. The number of amides is 1. The van der Waals surface area contributed by atoms with E-state index in [1.54, 1.807) is 0 Å². The van der Waals surface area contributed by atoms with Crippen LogP contribution in [-0.2, 0) is 4.79 Å². The largest absolute Gasteiger partial charge is 0.494 e. The number of ether oxygens (including phenoxy) is 2. The molecule has 0 saturated heterocycles. The van der Waals surface area contributed by atoms with Crippen LogP contribution in [0.2, 0.25) is 15.1 Å². The molecule has 0 radical (unpaired) electrons. The lowest BCUT2D eigenvalue weighted by atomic mass is 10.3. The van der Waals surface area contributed by atoms with Crippen LogP contribution in [0.5, 0.6) is 11.5 Å². The molecule has 2 aromatic carbocycles. The molecule has 0 atom stereocenters. The molecule has 1 N–H and O–H groups in total. The van der Waals surface area contributed by atoms with E-state index < -0.39 is 0 Å². The zero-order valence-electron chi connectivity index (χ0n) is 13.5. The summed E-state index contributed by atoms with van der Waals surface area (Å²) in [6.45, 7) is 2.27. The Hall–Kier alpha value is -1.73. The van der Waals surface area contributed by atoms with E-state index in [2.05, 4.69) is 10.3 Å². The fourth-order valence-corrected chi connectivity index (χ4v) is 3.63. The highest BCUT2D eigenvalue weighted by Crippen LogP contribution is 2.34. The third-order valence-corrected chi connectivity index (χ3v) is 5.20. The minimum absolute atomic E-state index is 0.238. The highest BCUT2D eigenvalue weighted by atomic mass is 35.5. The normalized spacial score (nSPS) is 10.8. The molecule has 0 unspecified atom stereocenters. The van der Waals surface area contributed by atoms with E-state index in [9.17, 15) is 4.79 Å². The van der Waals surface area contributed by atoms with Crippen molar-refractivity contribution in [2.75, 3.05) is 18.5 Å². The van der Waals surface area contributed by atoms with Gasteiger partial charge >= 0.3 is 0 Å². The van der Waals surface area contributed by atoms with Gasteiger partial charge in [0, 0.05) is 6.07 Å². The van der Waals surface area contributed by atoms with E-state index in [1.165, 1.54) is 23.5 Å². The van der Waals surface area contributed by atoms with Crippen LogP contribution in [0.3, 0.4) is 0 Å². The first-order chi connectivity index (χ1) is 12.5. The summed E-state index contributed by atoms with van der Waals surface area (Å²) in [4.78, 5) is 16.5. The van der Waals surface area contributed by atoms with Crippen LogP contribution >= 0.6 is 46.1 Å². The number of nitrogens with one attached hydrogen (secondary N) is 1. The summed E-state index contributed by atoms with van der Waals surface area (Å²) in [5, 5.41) is 4.06. The zero-order valence-corrected chi connectivity index (χ0v) is 16.6. The van der Waals surface area contributed by atoms with Crippen LogP contribution < -0.4 is 14.8 Å². The van der Waals surface area contributed by atoms with Gasteiger partial charge in [-0.1, -0.05) is 46.1 Å². The molecule has 136 valence electrons. The summed E-state index contributed by atoms with van der Waals surface area (Å²) in [5.41, 5.74) is 0.780. The Morgan fingerprint density at radius 2 is 1.88 bits per heavy atom. The van der Waals surface area contributed by atoms with Gasteiger partial charge in [0.1, 0.15) is 11.5 Å². The lowest BCUT2D eigenvalue weighted by Crippen LogP contribution is -2.20. The van der Waals surface area contributed by atoms with Gasteiger partial charge in [-0.15, -0.1) is 0 Å². The number of thiazole rings is 1. The predicted molar refractivity (Wildman–Crippen MR) is 106 cm³/mol. The molecule has 3 rings (SSSR count). The van der Waals surface area contributed by atoms with E-state index in [0.29, 0.717) is 21.8 Å². The average Bonchev–Trinajstić information content (AvgIpc) is 2.98. The van der Waals surface area contributed by atoms with E-state index in [1.807, 2.05) is 25.1 Å². The molecule has 3 aromatic rings. The minimum atomic E-state index is -0.365. The van der Waals surface area contributed by atoms with E-state index in [4.69, 9.17) is 44.3 Å². The number of fused-ring (bicyclic) bond motifs is 1. The van der Waals surface area contributed by atoms with Crippen molar-refractivity contribution in [2.45, 2.75) is 6.92 Å². The van der Waals surface area contributed by atoms with E-state index in [0.717, 1.165) is 16.0 Å². The molecule has 1 aromatic heterocycles. The zero-order chi connectivity index (χ0) is 18.7. The molecular weight excluding hydrogens is 419 g/mol. The first-order valence-electron chi connectivity index (χ1n) is 7.57. The van der Waals surface area contributed by atoms with E-state index in [-0.39, 0.29) is 23.3 Å². The maximum atomic E-state index is 12.1. The van der Waals surface area contributed by atoms with E-state index >= 15 is 0 Å². The van der Waals surface area contributed by atoms with Crippen LogP contribution in [0.25, 0.3) is 10.2 Å². The number of anilines is 1. The van der Waals surface area contributed by atoms with Gasteiger partial charge in [-0.2, -0.15) is 0 Å². The summed E-state index contributed by atoms with van der Waals surface area (Å²) in [5.74, 6) is 0.678. The minimum Gasteiger partial charge on any atom is -0.494 e. The second-order valence-electron chi connectivity index (χ2n) is 5.12. The molecule has 0 aliphatic heterocycles. The van der Waals surface area contributed by atoms with Crippen LogP contribution in [-0.4, -0.2) is 24.1 Å². The van der Waals surface area contributed by atoms with Crippen molar-refractivity contribution in [3.63, 3.8) is 0 Å². The quantitative estimate of drug-likeness (QED) is 0.511. The Bertz CT molecular complexity index is 962. The predicted octanol–water partition coefficient (Wildman–Crippen LogP) is 5.67. The summed E-state index contributed by atoms with van der Waals surface area (Å²) in [7, 11) is 0. The smallest absolute Gasteiger partial charge is 0.264 e. The van der Waals surface area contributed by atoms with Crippen LogP contribution in [0.1, 0.15) is 6.92 Å². The molecular formula is C17H13Cl3N2O3S. The SMILES string of the molecule is CCOc1ccc2nc(NC(=O)COc3cc(Cl)c(Cl)cc3Cl)sc2c1. The summed E-state index contributed by atoms with van der Waals surface area (Å²) < 4.78 is 11.8. The highest BCUT2D eigenvalue weighted by Gasteiger charge is 2.12. The molecule has 0 bridgehead atoms. The second-order valence-corrected chi connectivity index (χ2v) is 7.37. The summed E-state index contributed by atoms with van der Waals surface area (Å²) in [6.07, 6.45) is 0. The van der Waals surface area contributed by atoms with Gasteiger partial charge in [0.15, 0.2) is 11.7 Å². The van der Waals surface area contributed by atoms with Gasteiger partial charge in [0.25, 0.3) is 5.91 Å². The van der Waals surface area contributed by atoms with Gasteiger partial charge in [0.2, 0.25) is 0 Å². The Morgan fingerprint density at radius 1 is 1.12 bits per heavy atom. The third-order valence-electron chi connectivity index (χ3n) is 3.25. The van der Waals surface area contributed by atoms with Crippen molar-refractivity contribution in [3.8, 4) is 11.5 Å². The Kier molecular flexibility index (Phi) is 6.09. The van der Waals surface area contributed by atoms with Crippen LogP contribution in [0.15, 0.2) is 30.3 Å². The third kappa shape index (κ3) is 4.51. The number of aromatic nitrogens is 1. The maximum Gasteiger partial charge on any atom is 0.264 e. The molecule has 26 heavy (non-hydrogen) atoms. The van der Waals surface area contributed by atoms with Gasteiger partial charge in [-0.05, 0) is 31.2 Å². The number of carbonyl (C=O) groups excluding carboxylic acids is 1. The fraction of sp³-hybridized carbons (Fsp3) is 0.176. The van der Waals surface area contributed by atoms with Gasteiger partial charge < -0.3 is 9.47 Å². The summed E-state index contributed by atoms with van der Waals surface area (Å²) >= 11 is 19.1. The maximum absolute atomic E-state index is 12.1. The molecule has 9 heteroatoms. The molecule has 0 spiro atoms. The molecule has 0 aliphatic carbocycles. The van der Waals surface area contributed by atoms with Gasteiger partial charge in [-0.25, -0.2) is 4.98 Å². The number of rotatable bonds is 6. The number of nitrogens with zero attached hydrogens (tertiary/aromatic N) is 1. The number of benzene rings is 2. The molecule has 1 heterocycles.